The zero-order valence-electron chi connectivity index (χ0n) is 9.27. The lowest BCUT2D eigenvalue weighted by Crippen LogP contribution is -2.05. The Morgan fingerprint density at radius 2 is 2.44 bits per heavy atom. The highest BCUT2D eigenvalue weighted by Gasteiger charge is 2.21. The van der Waals surface area contributed by atoms with E-state index in [0.717, 1.165) is 12.3 Å². The van der Waals surface area contributed by atoms with Crippen LogP contribution in [0.2, 0.25) is 0 Å². The molecule has 0 bridgehead atoms. The SMILES string of the molecule is CCOC(=O)c1coc(OCCC2CC2)n1. The van der Waals surface area contributed by atoms with Crippen LogP contribution in [0.25, 0.3) is 0 Å². The molecule has 1 aliphatic carbocycles. The van der Waals surface area contributed by atoms with E-state index < -0.39 is 5.97 Å². The van der Waals surface area contributed by atoms with Crippen LogP contribution in [-0.4, -0.2) is 24.2 Å². The van der Waals surface area contributed by atoms with Gasteiger partial charge < -0.3 is 13.9 Å². The monoisotopic (exact) mass is 225 g/mol. The van der Waals surface area contributed by atoms with Crippen LogP contribution in [0.1, 0.15) is 36.7 Å². The summed E-state index contributed by atoms with van der Waals surface area (Å²) in [4.78, 5) is 15.1. The molecule has 2 rings (SSSR count). The van der Waals surface area contributed by atoms with Crippen molar-refractivity contribution in [2.45, 2.75) is 26.2 Å². The summed E-state index contributed by atoms with van der Waals surface area (Å²) >= 11 is 0. The fourth-order valence-corrected chi connectivity index (χ4v) is 1.34. The number of oxazole rings is 1. The van der Waals surface area contributed by atoms with E-state index in [1.807, 2.05) is 0 Å². The van der Waals surface area contributed by atoms with Crippen LogP contribution < -0.4 is 4.74 Å². The van der Waals surface area contributed by atoms with Crippen LogP contribution in [0.3, 0.4) is 0 Å². The lowest BCUT2D eigenvalue weighted by molar-refractivity contribution is 0.0519. The summed E-state index contributed by atoms with van der Waals surface area (Å²) in [5, 5.41) is 0. The first-order valence-corrected chi connectivity index (χ1v) is 5.55. The van der Waals surface area contributed by atoms with Crippen molar-refractivity contribution in [1.82, 2.24) is 4.98 Å². The maximum absolute atomic E-state index is 11.2. The Balaban J connectivity index is 1.78. The summed E-state index contributed by atoms with van der Waals surface area (Å²) in [6.07, 6.45) is 5.01. The predicted molar refractivity (Wildman–Crippen MR) is 55.3 cm³/mol. The van der Waals surface area contributed by atoms with E-state index in [1.54, 1.807) is 6.92 Å². The van der Waals surface area contributed by atoms with Gasteiger partial charge in [0.1, 0.15) is 6.26 Å². The Morgan fingerprint density at radius 3 is 3.12 bits per heavy atom. The normalized spacial score (nSPS) is 14.8. The molecule has 1 aliphatic rings. The molecule has 16 heavy (non-hydrogen) atoms. The fourth-order valence-electron chi connectivity index (χ4n) is 1.34. The molecule has 1 heterocycles. The van der Waals surface area contributed by atoms with Gasteiger partial charge >= 0.3 is 12.0 Å². The first kappa shape index (κ1) is 11.0. The third-order valence-electron chi connectivity index (χ3n) is 2.42. The Morgan fingerprint density at radius 1 is 1.62 bits per heavy atom. The minimum absolute atomic E-state index is 0.142. The van der Waals surface area contributed by atoms with Crippen molar-refractivity contribution in [2.75, 3.05) is 13.2 Å². The third kappa shape index (κ3) is 2.98. The fraction of sp³-hybridized carbons (Fsp3) is 0.636. The van der Waals surface area contributed by atoms with Gasteiger partial charge in [0.05, 0.1) is 13.2 Å². The average molecular weight is 225 g/mol. The van der Waals surface area contributed by atoms with Crippen LogP contribution in [0.5, 0.6) is 6.08 Å². The largest absolute Gasteiger partial charge is 0.461 e. The van der Waals surface area contributed by atoms with Gasteiger partial charge in [-0.15, -0.1) is 0 Å². The van der Waals surface area contributed by atoms with Crippen LogP contribution in [0.15, 0.2) is 10.7 Å². The van der Waals surface area contributed by atoms with Gasteiger partial charge in [0.15, 0.2) is 5.69 Å². The molecule has 0 atom stereocenters. The molecule has 1 aromatic rings. The molecule has 0 spiro atoms. The second-order valence-corrected chi connectivity index (χ2v) is 3.80. The third-order valence-corrected chi connectivity index (χ3v) is 2.42. The molecule has 1 saturated carbocycles. The number of hydrogen-bond donors (Lipinski definition) is 0. The molecule has 0 amide bonds. The van der Waals surface area contributed by atoms with Crippen molar-refractivity contribution < 1.29 is 18.7 Å². The molecule has 1 aromatic heterocycles. The topological polar surface area (TPSA) is 61.6 Å². The number of nitrogens with zero attached hydrogens (tertiary/aromatic N) is 1. The second-order valence-electron chi connectivity index (χ2n) is 3.80. The molecule has 1 fully saturated rings. The number of carbonyl (C=O) groups is 1. The van der Waals surface area contributed by atoms with Crippen molar-refractivity contribution in [2.24, 2.45) is 5.92 Å². The van der Waals surface area contributed by atoms with E-state index >= 15 is 0 Å². The van der Waals surface area contributed by atoms with Gasteiger partial charge in [0, 0.05) is 0 Å². The maximum atomic E-state index is 11.2. The molecule has 0 unspecified atom stereocenters. The van der Waals surface area contributed by atoms with Gasteiger partial charge in [-0.2, -0.15) is 4.98 Å². The highest BCUT2D eigenvalue weighted by molar-refractivity contribution is 5.86. The van der Waals surface area contributed by atoms with Gasteiger partial charge in [-0.3, -0.25) is 0 Å². The second kappa shape index (κ2) is 5.01. The Kier molecular flexibility index (Phi) is 3.44. The van der Waals surface area contributed by atoms with Crippen molar-refractivity contribution in [1.29, 1.82) is 0 Å². The van der Waals surface area contributed by atoms with Gasteiger partial charge in [0.25, 0.3) is 0 Å². The van der Waals surface area contributed by atoms with Gasteiger partial charge in [-0.1, -0.05) is 12.8 Å². The zero-order valence-corrected chi connectivity index (χ0v) is 9.27. The summed E-state index contributed by atoms with van der Waals surface area (Å²) in [6, 6.07) is 0. The molecule has 88 valence electrons. The first-order valence-electron chi connectivity index (χ1n) is 5.55. The van der Waals surface area contributed by atoms with Crippen LogP contribution in [0, 0.1) is 5.92 Å². The predicted octanol–water partition coefficient (Wildman–Crippen LogP) is 2.03. The average Bonchev–Trinajstić information content (AvgIpc) is 2.95. The number of ether oxygens (including phenoxy) is 2. The summed E-state index contributed by atoms with van der Waals surface area (Å²) in [5.41, 5.74) is 0.156. The quantitative estimate of drug-likeness (QED) is 0.693. The highest BCUT2D eigenvalue weighted by Crippen LogP contribution is 2.32. The van der Waals surface area contributed by atoms with Gasteiger partial charge in [0.2, 0.25) is 0 Å². The number of carbonyl (C=O) groups excluding carboxylic acids is 1. The highest BCUT2D eigenvalue weighted by atomic mass is 16.6. The molecular weight excluding hydrogens is 210 g/mol. The van der Waals surface area contributed by atoms with E-state index in [2.05, 4.69) is 4.98 Å². The number of rotatable bonds is 6. The summed E-state index contributed by atoms with van der Waals surface area (Å²) in [6.45, 7) is 2.65. The number of aromatic nitrogens is 1. The molecule has 0 aromatic carbocycles. The summed E-state index contributed by atoms with van der Waals surface area (Å²) < 4.78 is 15.1. The first-order chi connectivity index (χ1) is 7.79. The summed E-state index contributed by atoms with van der Waals surface area (Å²) in [5.74, 6) is 0.322. The number of esters is 1. The minimum Gasteiger partial charge on any atom is -0.461 e. The van der Waals surface area contributed by atoms with E-state index in [0.29, 0.717) is 13.2 Å². The van der Waals surface area contributed by atoms with Crippen molar-refractivity contribution in [3.05, 3.63) is 12.0 Å². The Labute approximate surface area is 93.7 Å². The molecule has 0 aliphatic heterocycles. The van der Waals surface area contributed by atoms with Crippen molar-refractivity contribution in [3.8, 4) is 6.08 Å². The molecule has 5 nitrogen and oxygen atoms in total. The minimum atomic E-state index is -0.483. The molecule has 0 N–H and O–H groups in total. The molecule has 0 saturated heterocycles. The maximum Gasteiger partial charge on any atom is 0.394 e. The van der Waals surface area contributed by atoms with Crippen LogP contribution in [0.4, 0.5) is 0 Å². The van der Waals surface area contributed by atoms with E-state index in [-0.39, 0.29) is 11.8 Å². The van der Waals surface area contributed by atoms with Crippen molar-refractivity contribution >= 4 is 5.97 Å². The van der Waals surface area contributed by atoms with Crippen LogP contribution >= 0.6 is 0 Å². The standard InChI is InChI=1S/C11H15NO4/c1-2-14-10(13)9-7-16-11(12-9)15-6-5-8-3-4-8/h7-8H,2-6H2,1H3. The summed E-state index contributed by atoms with van der Waals surface area (Å²) in [7, 11) is 0. The van der Waals surface area contributed by atoms with Crippen LogP contribution in [-0.2, 0) is 4.74 Å². The van der Waals surface area contributed by atoms with Gasteiger partial charge in [-0.25, -0.2) is 4.79 Å². The molecular formula is C11H15NO4. The van der Waals surface area contributed by atoms with E-state index in [4.69, 9.17) is 13.9 Å². The van der Waals surface area contributed by atoms with E-state index in [9.17, 15) is 4.79 Å². The van der Waals surface area contributed by atoms with E-state index in [1.165, 1.54) is 19.1 Å². The van der Waals surface area contributed by atoms with Gasteiger partial charge in [-0.05, 0) is 19.3 Å². The Hall–Kier alpha value is -1.52. The van der Waals surface area contributed by atoms with Crippen molar-refractivity contribution in [3.63, 3.8) is 0 Å². The Bertz CT molecular complexity index is 357. The lowest BCUT2D eigenvalue weighted by Gasteiger charge is -1.98. The number of hydrogen-bond acceptors (Lipinski definition) is 5. The molecule has 0 radical (unpaired) electrons. The molecule has 5 heteroatoms. The lowest BCUT2D eigenvalue weighted by atomic mass is 10.3. The smallest absolute Gasteiger partial charge is 0.394 e. The zero-order chi connectivity index (χ0) is 11.4.